The second-order valence-corrected chi connectivity index (χ2v) is 18.5. The van der Waals surface area contributed by atoms with E-state index >= 15 is 0 Å². The fourth-order valence-corrected chi connectivity index (χ4v) is 11.1. The topological polar surface area (TPSA) is 91.8 Å². The van der Waals surface area contributed by atoms with E-state index in [1.54, 1.807) is 17.4 Å². The van der Waals surface area contributed by atoms with E-state index in [4.69, 9.17) is 16.3 Å². The van der Waals surface area contributed by atoms with Crippen LogP contribution in [0.4, 0.5) is 5.69 Å². The van der Waals surface area contributed by atoms with Crippen LogP contribution in [0, 0.1) is 17.8 Å². The zero-order valence-corrected chi connectivity index (χ0v) is 29.8. The molecule has 7 atom stereocenters. The first-order chi connectivity index (χ1) is 22.5. The summed E-state index contributed by atoms with van der Waals surface area (Å²) >= 11 is 8.07. The van der Waals surface area contributed by atoms with Crippen molar-refractivity contribution in [3.63, 3.8) is 0 Å². The van der Waals surface area contributed by atoms with Gasteiger partial charge in [-0.3, -0.25) is 9.52 Å². The highest BCUT2D eigenvalue weighted by Crippen LogP contribution is 2.49. The molecule has 7 nitrogen and oxygen atoms in total. The Morgan fingerprint density at radius 2 is 2.02 bits per heavy atom. The van der Waals surface area contributed by atoms with Crippen LogP contribution in [0.3, 0.4) is 0 Å². The molecule has 2 aliphatic carbocycles. The average Bonchev–Trinajstić information content (AvgIpc) is 3.47. The van der Waals surface area contributed by atoms with E-state index in [9.17, 15) is 14.1 Å². The summed E-state index contributed by atoms with van der Waals surface area (Å²) in [5, 5.41) is 15.9. The van der Waals surface area contributed by atoms with Gasteiger partial charge in [-0.2, -0.15) is 0 Å². The quantitative estimate of drug-likeness (QED) is 0.286. The van der Waals surface area contributed by atoms with E-state index in [1.807, 2.05) is 36.7 Å². The Hall–Kier alpha value is -2.59. The molecule has 1 spiro atoms. The molecule has 1 amide bonds. The van der Waals surface area contributed by atoms with Gasteiger partial charge in [-0.15, -0.1) is 11.3 Å². The molecule has 1 aromatic heterocycles. The molecule has 2 aliphatic heterocycles. The van der Waals surface area contributed by atoms with Gasteiger partial charge in [0.15, 0.2) is 0 Å². The Morgan fingerprint density at radius 1 is 1.17 bits per heavy atom. The largest absolute Gasteiger partial charge is 0.490 e. The molecule has 7 rings (SSSR count). The van der Waals surface area contributed by atoms with Gasteiger partial charge in [0.2, 0.25) is 0 Å². The van der Waals surface area contributed by atoms with Gasteiger partial charge in [0.05, 0.1) is 32.6 Å². The van der Waals surface area contributed by atoms with Crippen LogP contribution in [0.5, 0.6) is 5.75 Å². The van der Waals surface area contributed by atoms with E-state index in [0.717, 1.165) is 79.5 Å². The Kier molecular flexibility index (Phi) is 8.90. The molecule has 10 heteroatoms. The minimum absolute atomic E-state index is 0.0508. The Bertz CT molecular complexity index is 1750. The number of hydrogen-bond acceptors (Lipinski definition) is 7. The van der Waals surface area contributed by atoms with Crippen molar-refractivity contribution in [3.8, 4) is 5.75 Å². The number of amides is 1. The van der Waals surface area contributed by atoms with Gasteiger partial charge in [0.1, 0.15) is 5.75 Å². The predicted octanol–water partition coefficient (Wildman–Crippen LogP) is 6.84. The number of nitrogens with one attached hydrogen (secondary N) is 1. The van der Waals surface area contributed by atoms with Crippen molar-refractivity contribution in [1.82, 2.24) is 9.71 Å². The van der Waals surface area contributed by atoms with E-state index in [1.165, 1.54) is 11.1 Å². The first-order valence-electron chi connectivity index (χ1n) is 17.1. The summed E-state index contributed by atoms with van der Waals surface area (Å²) in [6.07, 6.45) is 9.62. The highest BCUT2D eigenvalue weighted by atomic mass is 35.5. The molecular weight excluding hydrogens is 650 g/mol. The van der Waals surface area contributed by atoms with Crippen molar-refractivity contribution in [3.05, 3.63) is 74.7 Å². The Balaban J connectivity index is 1.31. The normalized spacial score (nSPS) is 34.3. The summed E-state index contributed by atoms with van der Waals surface area (Å²) in [7, 11) is -2.94. The molecule has 3 aromatic rings. The summed E-state index contributed by atoms with van der Waals surface area (Å²) in [4.78, 5) is 20.7. The number of carbonyl (C=O) groups excluding carboxylic acids is 1. The number of benzene rings is 2. The van der Waals surface area contributed by atoms with E-state index in [2.05, 4.69) is 39.5 Å². The molecule has 47 heavy (non-hydrogen) atoms. The maximum absolute atomic E-state index is 13.9. The number of aryl methyl sites for hydroxylation is 1. The Morgan fingerprint density at radius 3 is 2.79 bits per heavy atom. The zero-order chi connectivity index (χ0) is 33.0. The lowest BCUT2D eigenvalue weighted by atomic mass is 9.62. The van der Waals surface area contributed by atoms with Gasteiger partial charge in [0.25, 0.3) is 5.91 Å². The number of aromatic nitrogens is 1. The molecule has 1 fully saturated rings. The average molecular weight is 696 g/mol. The summed E-state index contributed by atoms with van der Waals surface area (Å²) in [6.45, 7) is 5.99. The van der Waals surface area contributed by atoms with Crippen molar-refractivity contribution in [2.75, 3.05) is 24.6 Å². The number of halogens is 1. The lowest BCUT2D eigenvalue weighted by molar-refractivity contribution is -0.0881. The standard InChI is InChI=1S/C37H46ClN3O4S2/c1-24-6-4-15-37(43,20-34-39-16-17-46-34)31-11-8-28(31)21-41-22-36(14-5-7-26-18-29(38)10-12-30(26)36)23-45-33-13-9-27(19-32(33)41)35(42)40-47(3,44)25(24)2/h9-10,12-13,16-19,24-25,28,31,43H,3-8,11,14-15,20-23H2,1-2H3,(H,40,42,44)/t24-,25+,28-,31+,36-,37+,47?/m0/s1. The molecule has 1 saturated carbocycles. The van der Waals surface area contributed by atoms with Gasteiger partial charge in [-0.1, -0.05) is 31.0 Å². The minimum Gasteiger partial charge on any atom is -0.490 e. The molecule has 2 aromatic carbocycles. The van der Waals surface area contributed by atoms with E-state index < -0.39 is 15.3 Å². The predicted molar refractivity (Wildman–Crippen MR) is 192 cm³/mol. The number of rotatable bonds is 2. The summed E-state index contributed by atoms with van der Waals surface area (Å²) in [5.74, 6) is 4.83. The van der Waals surface area contributed by atoms with Gasteiger partial charge in [-0.05, 0) is 117 Å². The van der Waals surface area contributed by atoms with Crippen molar-refractivity contribution in [2.45, 2.75) is 87.9 Å². The smallest absolute Gasteiger partial charge is 0.262 e. The molecule has 252 valence electrons. The van der Waals surface area contributed by atoms with Crippen molar-refractivity contribution >= 4 is 50.1 Å². The number of hydrogen-bond donors (Lipinski definition) is 2. The fourth-order valence-electron chi connectivity index (χ4n) is 8.69. The summed E-state index contributed by atoms with van der Waals surface area (Å²) < 4.78 is 23.3. The summed E-state index contributed by atoms with van der Waals surface area (Å²) in [6, 6.07) is 11.8. The fraction of sp³-hybridized carbons (Fsp3) is 0.541. The molecule has 4 aliphatic rings. The van der Waals surface area contributed by atoms with Crippen LogP contribution in [-0.2, 0) is 28.0 Å². The first-order valence-corrected chi connectivity index (χ1v) is 20.1. The maximum Gasteiger partial charge on any atom is 0.262 e. The minimum atomic E-state index is -2.94. The molecule has 3 heterocycles. The van der Waals surface area contributed by atoms with Crippen LogP contribution >= 0.6 is 22.9 Å². The number of carbonyl (C=O) groups is 1. The third-order valence-corrected chi connectivity index (χ3v) is 15.0. The molecule has 0 saturated heterocycles. The number of ether oxygens (including phenoxy) is 1. The third kappa shape index (κ3) is 6.33. The second-order valence-electron chi connectivity index (χ2n) is 14.7. The number of aliphatic hydroxyl groups is 1. The van der Waals surface area contributed by atoms with Crippen molar-refractivity contribution < 1.29 is 18.8 Å². The maximum atomic E-state index is 13.9. The molecular formula is C37H46ClN3O4S2. The van der Waals surface area contributed by atoms with Gasteiger partial charge in [-0.25, -0.2) is 9.19 Å². The summed E-state index contributed by atoms with van der Waals surface area (Å²) in [5.41, 5.74) is 2.74. The van der Waals surface area contributed by atoms with Crippen LogP contribution in [0.1, 0.15) is 85.3 Å². The second kappa shape index (κ2) is 12.7. The molecule has 2 bridgehead atoms. The molecule has 0 radical (unpaired) electrons. The number of fused-ring (bicyclic) bond motifs is 4. The van der Waals surface area contributed by atoms with Crippen LogP contribution in [0.25, 0.3) is 0 Å². The SMILES string of the molecule is C=S1(=O)NC(=O)c2ccc3c(c2)N(C[C@@H]2CC[C@H]2[C@](O)(Cc2nccs2)CCC[C@H](C)[C@H]1C)C[C@@]1(CCCc2cc(Cl)ccc21)CO3. The van der Waals surface area contributed by atoms with Crippen molar-refractivity contribution in [1.29, 1.82) is 0 Å². The van der Waals surface area contributed by atoms with E-state index in [0.29, 0.717) is 25.0 Å². The van der Waals surface area contributed by atoms with Crippen LogP contribution < -0.4 is 14.4 Å². The van der Waals surface area contributed by atoms with Gasteiger partial charge < -0.3 is 14.7 Å². The van der Waals surface area contributed by atoms with Crippen LogP contribution in [0.2, 0.25) is 5.02 Å². The monoisotopic (exact) mass is 695 g/mol. The number of anilines is 1. The Labute approximate surface area is 288 Å². The lowest BCUT2D eigenvalue weighted by Gasteiger charge is -2.50. The third-order valence-electron chi connectivity index (χ3n) is 11.7. The van der Waals surface area contributed by atoms with Crippen LogP contribution in [0.15, 0.2) is 48.0 Å². The molecule has 1 unspecified atom stereocenters. The van der Waals surface area contributed by atoms with Crippen LogP contribution in [-0.4, -0.2) is 56.6 Å². The highest BCUT2D eigenvalue weighted by Gasteiger charge is 2.49. The molecule has 2 N–H and O–H groups in total. The highest BCUT2D eigenvalue weighted by molar-refractivity contribution is 7.99. The first kappa shape index (κ1) is 32.9. The lowest BCUT2D eigenvalue weighted by Crippen LogP contribution is -2.54. The van der Waals surface area contributed by atoms with Crippen molar-refractivity contribution in [2.24, 2.45) is 17.8 Å². The van der Waals surface area contributed by atoms with E-state index in [-0.39, 0.29) is 34.3 Å². The zero-order valence-electron chi connectivity index (χ0n) is 27.4. The van der Waals surface area contributed by atoms with Gasteiger partial charge >= 0.3 is 0 Å². The van der Waals surface area contributed by atoms with Gasteiger partial charge in [0, 0.05) is 52.3 Å². The number of nitrogens with zero attached hydrogens (tertiary/aromatic N) is 2. The number of thiazole rings is 1.